The minimum Gasteiger partial charge on any atom is -0.464 e. The van der Waals surface area contributed by atoms with Gasteiger partial charge in [-0.15, -0.1) is 0 Å². The van der Waals surface area contributed by atoms with Gasteiger partial charge in [-0.1, -0.05) is 13.8 Å². The smallest absolute Gasteiger partial charge is 0.328 e. The normalized spacial score (nSPS) is 12.3. The molecule has 4 nitrogen and oxygen atoms in total. The first kappa shape index (κ1) is 11.9. The summed E-state index contributed by atoms with van der Waals surface area (Å²) in [7, 11) is 0. The maximum atomic E-state index is 11.2. The highest BCUT2D eigenvalue weighted by atomic mass is 16.5. The second kappa shape index (κ2) is 6.46. The lowest BCUT2D eigenvalue weighted by Gasteiger charge is -2.15. The van der Waals surface area contributed by atoms with Gasteiger partial charge in [0.2, 0.25) is 0 Å². The van der Waals surface area contributed by atoms with E-state index < -0.39 is 6.04 Å². The molecule has 0 rings (SSSR count). The lowest BCUT2D eigenvalue weighted by atomic mass is 10.0. The Kier molecular flexibility index (Phi) is 5.93. The van der Waals surface area contributed by atoms with E-state index in [9.17, 15) is 9.59 Å². The Labute approximate surface area is 78.6 Å². The van der Waals surface area contributed by atoms with Crippen molar-refractivity contribution < 1.29 is 14.3 Å². The molecule has 0 aromatic rings. The molecule has 13 heavy (non-hydrogen) atoms. The van der Waals surface area contributed by atoms with E-state index in [1.807, 2.05) is 13.8 Å². The van der Waals surface area contributed by atoms with Crippen LogP contribution in [-0.2, 0) is 14.3 Å². The van der Waals surface area contributed by atoms with Gasteiger partial charge in [0.15, 0.2) is 0 Å². The largest absolute Gasteiger partial charge is 0.464 e. The minimum absolute atomic E-state index is 0.327. The van der Waals surface area contributed by atoms with Crippen molar-refractivity contribution >= 4 is 12.4 Å². The van der Waals surface area contributed by atoms with Crippen LogP contribution in [0.2, 0.25) is 0 Å². The minimum atomic E-state index is -0.558. The van der Waals surface area contributed by atoms with Crippen molar-refractivity contribution in [2.75, 3.05) is 6.61 Å². The Morgan fingerprint density at radius 1 is 1.54 bits per heavy atom. The van der Waals surface area contributed by atoms with Crippen molar-refractivity contribution in [1.82, 2.24) is 5.32 Å². The zero-order valence-electron chi connectivity index (χ0n) is 8.29. The third-order valence-electron chi connectivity index (χ3n) is 1.51. The molecule has 0 unspecified atom stereocenters. The van der Waals surface area contributed by atoms with Crippen LogP contribution in [0.4, 0.5) is 0 Å². The van der Waals surface area contributed by atoms with Crippen LogP contribution < -0.4 is 5.32 Å². The van der Waals surface area contributed by atoms with E-state index in [0.717, 1.165) is 0 Å². The molecule has 0 bridgehead atoms. The van der Waals surface area contributed by atoms with Crippen molar-refractivity contribution in [3.8, 4) is 0 Å². The lowest BCUT2D eigenvalue weighted by Crippen LogP contribution is -2.38. The van der Waals surface area contributed by atoms with Crippen LogP contribution in [0.25, 0.3) is 0 Å². The van der Waals surface area contributed by atoms with Gasteiger partial charge < -0.3 is 10.1 Å². The molecule has 4 heteroatoms. The molecule has 75 valence electrons. The molecule has 0 fully saturated rings. The Hall–Kier alpha value is -1.06. The molecular formula is C9H16NO3. The summed E-state index contributed by atoms with van der Waals surface area (Å²) < 4.78 is 4.78. The number of carbonyl (C=O) groups excluding carboxylic acids is 2. The first-order valence-corrected chi connectivity index (χ1v) is 4.41. The molecule has 0 spiro atoms. The number of hydrogen-bond donors (Lipinski definition) is 1. The van der Waals surface area contributed by atoms with Crippen molar-refractivity contribution in [2.45, 2.75) is 33.2 Å². The molecule has 1 N–H and O–H groups in total. The third kappa shape index (κ3) is 5.22. The first-order valence-electron chi connectivity index (χ1n) is 4.41. The molecule has 0 heterocycles. The summed E-state index contributed by atoms with van der Waals surface area (Å²) >= 11 is 0. The van der Waals surface area contributed by atoms with Crippen LogP contribution >= 0.6 is 0 Å². The number of ether oxygens (including phenoxy) is 1. The van der Waals surface area contributed by atoms with E-state index in [0.29, 0.717) is 18.9 Å². The zero-order valence-corrected chi connectivity index (χ0v) is 8.29. The number of carbonyl (C=O) groups is 1. The summed E-state index contributed by atoms with van der Waals surface area (Å²) in [5.74, 6) is -0.0604. The van der Waals surface area contributed by atoms with Crippen LogP contribution in [0.15, 0.2) is 0 Å². The summed E-state index contributed by atoms with van der Waals surface area (Å²) in [4.78, 5) is 21.3. The first-order chi connectivity index (χ1) is 6.11. The summed E-state index contributed by atoms with van der Waals surface area (Å²) in [6.07, 6.45) is 2.09. The Balaban J connectivity index is 4.05. The molecule has 0 aliphatic heterocycles. The fraction of sp³-hybridized carbons (Fsp3) is 0.778. The Bertz CT molecular complexity index is 168. The maximum absolute atomic E-state index is 11.2. The number of rotatable bonds is 6. The molecule has 0 aliphatic rings. The van der Waals surface area contributed by atoms with E-state index in [1.165, 1.54) is 6.41 Å². The molecular weight excluding hydrogens is 170 g/mol. The van der Waals surface area contributed by atoms with Gasteiger partial charge in [0.1, 0.15) is 6.04 Å². The van der Waals surface area contributed by atoms with Crippen molar-refractivity contribution in [3.63, 3.8) is 0 Å². The number of hydrogen-bond acceptors (Lipinski definition) is 3. The van der Waals surface area contributed by atoms with Gasteiger partial charge >= 0.3 is 12.4 Å². The fourth-order valence-corrected chi connectivity index (χ4v) is 0.999. The van der Waals surface area contributed by atoms with E-state index >= 15 is 0 Å². The standard InChI is InChI=1S/C9H16NO3/c1-4-13-9(12)8(10-6-11)5-7(2)3/h7-8H,4-5H2,1-3H3,(H,10,11)/t8-/m0/s1. The van der Waals surface area contributed by atoms with E-state index in [2.05, 4.69) is 5.32 Å². The average molecular weight is 186 g/mol. The third-order valence-corrected chi connectivity index (χ3v) is 1.51. The molecule has 0 saturated carbocycles. The average Bonchev–Trinajstić information content (AvgIpc) is 2.03. The van der Waals surface area contributed by atoms with Crippen molar-refractivity contribution in [2.24, 2.45) is 5.92 Å². The van der Waals surface area contributed by atoms with E-state index in [1.54, 1.807) is 6.92 Å². The van der Waals surface area contributed by atoms with Crippen LogP contribution in [0.1, 0.15) is 27.2 Å². The van der Waals surface area contributed by atoms with Crippen molar-refractivity contribution in [3.05, 3.63) is 0 Å². The van der Waals surface area contributed by atoms with E-state index in [-0.39, 0.29) is 5.97 Å². The second-order valence-electron chi connectivity index (χ2n) is 3.18. The summed E-state index contributed by atoms with van der Waals surface area (Å²) in [5.41, 5.74) is 0. The fourth-order valence-electron chi connectivity index (χ4n) is 0.999. The summed E-state index contributed by atoms with van der Waals surface area (Å²) in [6, 6.07) is -0.558. The van der Waals surface area contributed by atoms with Gasteiger partial charge in [-0.2, -0.15) is 0 Å². The number of nitrogens with one attached hydrogen (secondary N) is 1. The number of esters is 1. The highest BCUT2D eigenvalue weighted by Crippen LogP contribution is 2.05. The van der Waals surface area contributed by atoms with Gasteiger partial charge in [0, 0.05) is 0 Å². The molecule has 0 saturated heterocycles. The highest BCUT2D eigenvalue weighted by molar-refractivity contribution is 5.78. The zero-order chi connectivity index (χ0) is 10.3. The molecule has 1 atom stereocenters. The maximum Gasteiger partial charge on any atom is 0.328 e. The van der Waals surface area contributed by atoms with Crippen LogP contribution in [0.5, 0.6) is 0 Å². The van der Waals surface area contributed by atoms with Crippen molar-refractivity contribution in [1.29, 1.82) is 0 Å². The van der Waals surface area contributed by atoms with Gasteiger partial charge in [-0.3, -0.25) is 4.79 Å². The molecule has 1 radical (unpaired) electrons. The molecule has 0 aromatic heterocycles. The quantitative estimate of drug-likeness (QED) is 0.488. The highest BCUT2D eigenvalue weighted by Gasteiger charge is 2.19. The molecule has 0 aliphatic carbocycles. The number of amides is 1. The van der Waals surface area contributed by atoms with Gasteiger partial charge in [0.05, 0.1) is 6.61 Å². The SMILES string of the molecule is CCOC(=O)[C@H](CC(C)C)N[C]=O. The monoisotopic (exact) mass is 186 g/mol. The Morgan fingerprint density at radius 3 is 2.54 bits per heavy atom. The summed E-state index contributed by atoms with van der Waals surface area (Å²) in [6.45, 7) is 6.00. The van der Waals surface area contributed by atoms with Crippen LogP contribution in [0.3, 0.4) is 0 Å². The topological polar surface area (TPSA) is 55.4 Å². The van der Waals surface area contributed by atoms with E-state index in [4.69, 9.17) is 4.74 Å². The van der Waals surface area contributed by atoms with Gasteiger partial charge in [0.25, 0.3) is 0 Å². The predicted octanol–water partition coefficient (Wildman–Crippen LogP) is 0.621. The van der Waals surface area contributed by atoms with Gasteiger partial charge in [-0.25, -0.2) is 4.79 Å². The molecule has 1 amide bonds. The predicted molar refractivity (Wildman–Crippen MR) is 48.7 cm³/mol. The van der Waals surface area contributed by atoms with Crippen LogP contribution in [0, 0.1) is 5.92 Å². The lowest BCUT2D eigenvalue weighted by molar-refractivity contribution is -0.145. The van der Waals surface area contributed by atoms with Gasteiger partial charge in [-0.05, 0) is 19.3 Å². The summed E-state index contributed by atoms with van der Waals surface area (Å²) in [5, 5.41) is 2.32. The second-order valence-corrected chi connectivity index (χ2v) is 3.18. The Morgan fingerprint density at radius 2 is 2.15 bits per heavy atom. The van der Waals surface area contributed by atoms with Crippen LogP contribution in [-0.4, -0.2) is 25.0 Å². The molecule has 0 aromatic carbocycles.